The maximum atomic E-state index is 14.0. The molecule has 1 spiro atoms. The van der Waals surface area contributed by atoms with Crippen molar-refractivity contribution in [2.45, 2.75) is 54.9 Å². The van der Waals surface area contributed by atoms with Gasteiger partial charge in [-0.3, -0.25) is 14.4 Å². The molecule has 0 radical (unpaired) electrons. The Morgan fingerprint density at radius 3 is 2.53 bits per heavy atom. The SMILES string of the molecule is CC[C@@H](CO)N1C(=O)[C@@H]2[C@H](C(=O)NCc3ccccc3)[C@H]3OC2(CC3Br)C1C(=O)Nc1ccc(OC)cc1. The Morgan fingerprint density at radius 2 is 1.89 bits per heavy atom. The molecule has 202 valence electrons. The van der Waals surface area contributed by atoms with Crippen molar-refractivity contribution in [3.05, 3.63) is 60.2 Å². The molecule has 3 aliphatic rings. The van der Waals surface area contributed by atoms with Crippen LogP contribution in [0, 0.1) is 11.8 Å². The van der Waals surface area contributed by atoms with Crippen molar-refractivity contribution in [2.75, 3.05) is 19.0 Å². The van der Waals surface area contributed by atoms with E-state index in [1.165, 1.54) is 4.90 Å². The molecule has 2 aromatic rings. The van der Waals surface area contributed by atoms with Crippen LogP contribution in [0.2, 0.25) is 0 Å². The van der Waals surface area contributed by atoms with Gasteiger partial charge in [0.2, 0.25) is 17.7 Å². The average Bonchev–Trinajstić information content (AvgIpc) is 3.52. The van der Waals surface area contributed by atoms with E-state index in [1.807, 2.05) is 37.3 Å². The minimum absolute atomic E-state index is 0.204. The van der Waals surface area contributed by atoms with Gasteiger partial charge in [0.1, 0.15) is 17.4 Å². The van der Waals surface area contributed by atoms with Gasteiger partial charge in [-0.1, -0.05) is 53.2 Å². The summed E-state index contributed by atoms with van der Waals surface area (Å²) in [4.78, 5) is 42.7. The van der Waals surface area contributed by atoms with Crippen LogP contribution in [0.5, 0.6) is 5.75 Å². The number of carbonyl (C=O) groups is 3. The van der Waals surface area contributed by atoms with Crippen LogP contribution in [0.15, 0.2) is 54.6 Å². The second-order valence-corrected chi connectivity index (χ2v) is 11.3. The molecule has 2 bridgehead atoms. The number of amides is 3. The molecule has 0 aromatic heterocycles. The number of nitrogens with zero attached hydrogens (tertiary/aromatic N) is 1. The highest BCUT2D eigenvalue weighted by Crippen LogP contribution is 2.60. The maximum absolute atomic E-state index is 14.0. The van der Waals surface area contributed by atoms with Gasteiger partial charge in [0, 0.05) is 17.1 Å². The lowest BCUT2D eigenvalue weighted by Crippen LogP contribution is -2.56. The average molecular weight is 586 g/mol. The normalized spacial score (nSPS) is 30.2. The van der Waals surface area contributed by atoms with Crippen molar-refractivity contribution in [1.82, 2.24) is 10.2 Å². The van der Waals surface area contributed by atoms with Crippen LogP contribution < -0.4 is 15.4 Å². The lowest BCUT2D eigenvalue weighted by Gasteiger charge is -2.36. The number of rotatable bonds is 9. The maximum Gasteiger partial charge on any atom is 0.250 e. The first-order chi connectivity index (χ1) is 18.3. The number of likely N-dealkylation sites (tertiary alicyclic amines) is 1. The Labute approximate surface area is 230 Å². The summed E-state index contributed by atoms with van der Waals surface area (Å²) in [6.07, 6.45) is 0.297. The van der Waals surface area contributed by atoms with Crippen LogP contribution in [0.1, 0.15) is 25.3 Å². The molecule has 0 saturated carbocycles. The van der Waals surface area contributed by atoms with E-state index in [4.69, 9.17) is 9.47 Å². The number of halogens is 1. The van der Waals surface area contributed by atoms with Crippen LogP contribution in [-0.2, 0) is 25.7 Å². The minimum atomic E-state index is -1.19. The Kier molecular flexibility index (Phi) is 7.48. The van der Waals surface area contributed by atoms with E-state index in [0.29, 0.717) is 30.8 Å². The molecule has 3 unspecified atom stereocenters. The van der Waals surface area contributed by atoms with Gasteiger partial charge in [-0.15, -0.1) is 0 Å². The molecule has 5 rings (SSSR count). The summed E-state index contributed by atoms with van der Waals surface area (Å²) in [5.74, 6) is -1.97. The molecule has 3 saturated heterocycles. The van der Waals surface area contributed by atoms with Crippen LogP contribution in [0.4, 0.5) is 5.69 Å². The molecule has 3 aliphatic heterocycles. The van der Waals surface area contributed by atoms with Gasteiger partial charge in [-0.2, -0.15) is 0 Å². The Balaban J connectivity index is 1.46. The second-order valence-electron chi connectivity index (χ2n) is 10.1. The zero-order valence-electron chi connectivity index (χ0n) is 21.3. The zero-order valence-corrected chi connectivity index (χ0v) is 22.9. The fourth-order valence-corrected chi connectivity index (χ4v) is 7.20. The molecule has 2 aromatic carbocycles. The van der Waals surface area contributed by atoms with Crippen LogP contribution >= 0.6 is 15.9 Å². The van der Waals surface area contributed by atoms with Crippen molar-refractivity contribution < 1.29 is 29.0 Å². The fourth-order valence-electron chi connectivity index (χ4n) is 6.26. The van der Waals surface area contributed by atoms with Crippen molar-refractivity contribution in [1.29, 1.82) is 0 Å². The fraction of sp³-hybridized carbons (Fsp3) is 0.464. The topological polar surface area (TPSA) is 117 Å². The van der Waals surface area contributed by atoms with Crippen LogP contribution in [0.3, 0.4) is 0 Å². The molecule has 7 atom stereocenters. The van der Waals surface area contributed by atoms with Crippen LogP contribution in [0.25, 0.3) is 0 Å². The number of aliphatic hydroxyl groups excluding tert-OH is 1. The first-order valence-electron chi connectivity index (χ1n) is 12.9. The molecular formula is C28H32BrN3O6. The number of aliphatic hydroxyl groups is 1. The summed E-state index contributed by atoms with van der Waals surface area (Å²) in [5.41, 5.74) is 0.293. The monoisotopic (exact) mass is 585 g/mol. The van der Waals surface area contributed by atoms with E-state index in [0.717, 1.165) is 5.56 Å². The predicted octanol–water partition coefficient (Wildman–Crippen LogP) is 2.47. The van der Waals surface area contributed by atoms with Crippen molar-refractivity contribution in [3.8, 4) is 5.75 Å². The van der Waals surface area contributed by atoms with Crippen LogP contribution in [-0.4, -0.2) is 70.1 Å². The minimum Gasteiger partial charge on any atom is -0.497 e. The molecule has 3 heterocycles. The summed E-state index contributed by atoms with van der Waals surface area (Å²) in [5, 5.41) is 16.0. The van der Waals surface area contributed by atoms with E-state index in [1.54, 1.807) is 31.4 Å². The molecular weight excluding hydrogens is 554 g/mol. The molecule has 0 aliphatic carbocycles. The number of alkyl halides is 1. The quantitative estimate of drug-likeness (QED) is 0.389. The Morgan fingerprint density at radius 1 is 1.18 bits per heavy atom. The molecule has 38 heavy (non-hydrogen) atoms. The van der Waals surface area contributed by atoms with E-state index >= 15 is 0 Å². The number of anilines is 1. The summed E-state index contributed by atoms with van der Waals surface area (Å²) >= 11 is 3.67. The third kappa shape index (κ3) is 4.38. The Hall–Kier alpha value is -2.95. The van der Waals surface area contributed by atoms with E-state index < -0.39 is 41.5 Å². The third-order valence-corrected chi connectivity index (χ3v) is 8.87. The first-order valence-corrected chi connectivity index (χ1v) is 13.8. The molecule has 3 N–H and O–H groups in total. The predicted molar refractivity (Wildman–Crippen MR) is 144 cm³/mol. The van der Waals surface area contributed by atoms with Gasteiger partial charge >= 0.3 is 0 Å². The van der Waals surface area contributed by atoms with E-state index in [2.05, 4.69) is 26.6 Å². The lowest BCUT2D eigenvalue weighted by atomic mass is 9.70. The summed E-state index contributed by atoms with van der Waals surface area (Å²) < 4.78 is 11.7. The Bertz CT molecular complexity index is 1190. The molecule has 10 heteroatoms. The smallest absolute Gasteiger partial charge is 0.250 e. The van der Waals surface area contributed by atoms with Gasteiger partial charge in [-0.25, -0.2) is 0 Å². The summed E-state index contributed by atoms with van der Waals surface area (Å²) in [6.45, 7) is 1.88. The largest absolute Gasteiger partial charge is 0.497 e. The van der Waals surface area contributed by atoms with Gasteiger partial charge in [0.05, 0.1) is 37.7 Å². The number of fused-ring (bicyclic) bond motifs is 1. The molecule has 3 fully saturated rings. The van der Waals surface area contributed by atoms with E-state index in [-0.39, 0.29) is 23.2 Å². The van der Waals surface area contributed by atoms with Crippen molar-refractivity contribution in [3.63, 3.8) is 0 Å². The highest BCUT2D eigenvalue weighted by atomic mass is 79.9. The first kappa shape index (κ1) is 26.6. The lowest BCUT2D eigenvalue weighted by molar-refractivity contribution is -0.144. The highest BCUT2D eigenvalue weighted by Gasteiger charge is 2.76. The number of methoxy groups -OCH3 is 1. The number of benzene rings is 2. The van der Waals surface area contributed by atoms with Crippen molar-refractivity contribution >= 4 is 39.3 Å². The van der Waals surface area contributed by atoms with Gasteiger partial charge in [0.25, 0.3) is 0 Å². The van der Waals surface area contributed by atoms with Crippen molar-refractivity contribution in [2.24, 2.45) is 11.8 Å². The highest BCUT2D eigenvalue weighted by molar-refractivity contribution is 9.09. The van der Waals surface area contributed by atoms with Gasteiger partial charge < -0.3 is 30.1 Å². The van der Waals surface area contributed by atoms with E-state index in [9.17, 15) is 19.5 Å². The zero-order chi connectivity index (χ0) is 27.0. The standard InChI is InChI=1S/C28H32BrN3O6/c1-3-18(15-33)32-24(26(35)31-17-9-11-19(37-2)12-10-17)28-13-20(29)23(38-28)21(22(28)27(32)36)25(34)30-14-16-7-5-4-6-8-16/h4-12,18,20-24,33H,3,13-15H2,1-2H3,(H,30,34)(H,31,35)/t18-,20?,21-,22-,23-,24?,28?/m0/s1. The summed E-state index contributed by atoms with van der Waals surface area (Å²) in [6, 6.07) is 14.9. The molecule has 3 amide bonds. The second kappa shape index (κ2) is 10.7. The summed E-state index contributed by atoms with van der Waals surface area (Å²) in [7, 11) is 1.56. The number of carbonyl (C=O) groups excluding carboxylic acids is 3. The number of hydrogen-bond donors (Lipinski definition) is 3. The number of nitrogens with one attached hydrogen (secondary N) is 2. The molecule has 9 nitrogen and oxygen atoms in total. The number of hydrogen-bond acceptors (Lipinski definition) is 6. The number of ether oxygens (including phenoxy) is 2. The van der Waals surface area contributed by atoms with Gasteiger partial charge in [0.15, 0.2) is 0 Å². The van der Waals surface area contributed by atoms with Gasteiger partial charge in [-0.05, 0) is 42.7 Å². The third-order valence-electron chi connectivity index (χ3n) is 8.02.